The van der Waals surface area contributed by atoms with Gasteiger partial charge >= 0.3 is 6.18 Å². The summed E-state index contributed by atoms with van der Waals surface area (Å²) < 4.78 is 47.5. The Hall–Kier alpha value is -4.60. The van der Waals surface area contributed by atoms with E-state index in [2.05, 4.69) is 20.3 Å². The van der Waals surface area contributed by atoms with E-state index in [-0.39, 0.29) is 39.9 Å². The van der Waals surface area contributed by atoms with E-state index in [9.17, 15) is 23.2 Å². The van der Waals surface area contributed by atoms with Crippen molar-refractivity contribution in [3.8, 4) is 17.6 Å². The van der Waals surface area contributed by atoms with Crippen LogP contribution in [0.2, 0.25) is 0 Å². The van der Waals surface area contributed by atoms with Crippen molar-refractivity contribution in [1.82, 2.24) is 24.1 Å². The van der Waals surface area contributed by atoms with Crippen LogP contribution in [0.25, 0.3) is 11.2 Å². The van der Waals surface area contributed by atoms with E-state index in [1.165, 1.54) is 37.1 Å². The number of alkyl halides is 3. The van der Waals surface area contributed by atoms with Crippen molar-refractivity contribution >= 4 is 28.6 Å². The number of nitrogens with zero attached hydrogens (tertiary/aromatic N) is 6. The van der Waals surface area contributed by atoms with Gasteiger partial charge in [0.2, 0.25) is 5.95 Å². The molecule has 33 heavy (non-hydrogen) atoms. The molecule has 0 unspecified atom stereocenters. The second-order valence-corrected chi connectivity index (χ2v) is 6.98. The van der Waals surface area contributed by atoms with Crippen molar-refractivity contribution in [1.29, 1.82) is 5.26 Å². The zero-order chi connectivity index (χ0) is 23.9. The minimum Gasteiger partial charge on any atom is -0.454 e. The number of nitrogens with one attached hydrogen (secondary N) is 1. The summed E-state index contributed by atoms with van der Waals surface area (Å²) in [6, 6.07) is 5.73. The molecule has 0 radical (unpaired) electrons. The quantitative estimate of drug-likeness (QED) is 0.478. The number of nitriles is 1. The van der Waals surface area contributed by atoms with Crippen LogP contribution in [0.5, 0.6) is 11.5 Å². The van der Waals surface area contributed by atoms with Crippen molar-refractivity contribution in [2.45, 2.75) is 6.18 Å². The maximum absolute atomic E-state index is 13.2. The summed E-state index contributed by atoms with van der Waals surface area (Å²) >= 11 is 0. The first-order valence-corrected chi connectivity index (χ1v) is 9.28. The summed E-state index contributed by atoms with van der Waals surface area (Å²) in [6.07, 6.45) is -1.22. The largest absolute Gasteiger partial charge is 0.454 e. The van der Waals surface area contributed by atoms with E-state index in [0.717, 1.165) is 4.57 Å². The molecule has 10 nitrogen and oxygen atoms in total. The molecule has 0 fully saturated rings. The molecule has 0 aromatic carbocycles. The number of halogens is 3. The van der Waals surface area contributed by atoms with Crippen molar-refractivity contribution < 1.29 is 17.9 Å². The van der Waals surface area contributed by atoms with Gasteiger partial charge in [-0.15, -0.1) is 0 Å². The maximum atomic E-state index is 13.2. The lowest BCUT2D eigenvalue weighted by Crippen LogP contribution is -2.23. The Balaban J connectivity index is 1.79. The number of ether oxygens (including phenoxy) is 1. The first kappa shape index (κ1) is 21.6. The SMILES string of the molecule is Cn1cc(C(F)(F)F)cc(Nc2nc3ncc(Oc4ccnc(N)c4)c(C#N)c3n2C)c1=O. The van der Waals surface area contributed by atoms with Crippen LogP contribution in [0, 0.1) is 11.3 Å². The molecule has 0 amide bonds. The Kier molecular flexibility index (Phi) is 5.13. The van der Waals surface area contributed by atoms with E-state index in [1.54, 1.807) is 6.07 Å². The molecule has 4 rings (SSSR count). The molecule has 3 N–H and O–H groups in total. The van der Waals surface area contributed by atoms with Crippen LogP contribution in [0.4, 0.5) is 30.6 Å². The van der Waals surface area contributed by atoms with Gasteiger partial charge in [-0.05, 0) is 12.1 Å². The summed E-state index contributed by atoms with van der Waals surface area (Å²) in [7, 11) is 2.73. The number of hydrogen-bond acceptors (Lipinski definition) is 8. The fraction of sp³-hybridized carbons (Fsp3) is 0.150. The number of anilines is 3. The van der Waals surface area contributed by atoms with Crippen molar-refractivity contribution in [3.63, 3.8) is 0 Å². The van der Waals surface area contributed by atoms with Crippen LogP contribution < -0.4 is 21.3 Å². The number of hydrogen-bond donors (Lipinski definition) is 2. The number of nitrogens with two attached hydrogens (primary N) is 1. The third kappa shape index (κ3) is 4.01. The van der Waals surface area contributed by atoms with Gasteiger partial charge in [0.05, 0.1) is 11.8 Å². The second-order valence-electron chi connectivity index (χ2n) is 6.98. The molecule has 13 heteroatoms. The van der Waals surface area contributed by atoms with Crippen LogP contribution in [0.15, 0.2) is 41.6 Å². The van der Waals surface area contributed by atoms with E-state index in [1.807, 2.05) is 6.07 Å². The number of pyridine rings is 3. The molecule has 0 bridgehead atoms. The molecular formula is C20H15F3N8O2. The van der Waals surface area contributed by atoms with Gasteiger partial charge in [-0.1, -0.05) is 0 Å². The third-order valence-corrected chi connectivity index (χ3v) is 4.71. The van der Waals surface area contributed by atoms with Gasteiger partial charge < -0.3 is 24.9 Å². The molecular weight excluding hydrogens is 441 g/mol. The summed E-state index contributed by atoms with van der Waals surface area (Å²) in [5.41, 5.74) is 4.06. The van der Waals surface area contributed by atoms with Crippen LogP contribution >= 0.6 is 0 Å². The van der Waals surface area contributed by atoms with Crippen LogP contribution in [0.1, 0.15) is 11.1 Å². The van der Waals surface area contributed by atoms with Crippen molar-refractivity contribution in [2.24, 2.45) is 14.1 Å². The van der Waals surface area contributed by atoms with E-state index in [4.69, 9.17) is 10.5 Å². The van der Waals surface area contributed by atoms with Gasteiger partial charge in [-0.3, -0.25) is 4.79 Å². The number of aryl methyl sites for hydroxylation is 2. The Bertz CT molecular complexity index is 1480. The Labute approximate surface area is 183 Å². The molecule has 0 saturated heterocycles. The Morgan fingerprint density at radius 3 is 2.67 bits per heavy atom. The first-order chi connectivity index (χ1) is 15.6. The summed E-state index contributed by atoms with van der Waals surface area (Å²) in [5, 5.41) is 12.4. The van der Waals surface area contributed by atoms with Gasteiger partial charge in [0, 0.05) is 32.6 Å². The fourth-order valence-corrected chi connectivity index (χ4v) is 3.15. The summed E-state index contributed by atoms with van der Waals surface area (Å²) in [4.78, 5) is 24.6. The lowest BCUT2D eigenvalue weighted by molar-refractivity contribution is -0.138. The number of fused-ring (bicyclic) bond motifs is 1. The first-order valence-electron chi connectivity index (χ1n) is 9.28. The summed E-state index contributed by atoms with van der Waals surface area (Å²) in [6.45, 7) is 0. The van der Waals surface area contributed by atoms with Crippen molar-refractivity contribution in [2.75, 3.05) is 11.1 Å². The van der Waals surface area contributed by atoms with Gasteiger partial charge in [-0.25, -0.2) is 9.97 Å². The molecule has 4 heterocycles. The highest BCUT2D eigenvalue weighted by Crippen LogP contribution is 2.33. The number of aromatic nitrogens is 5. The molecule has 0 aliphatic rings. The van der Waals surface area contributed by atoms with E-state index < -0.39 is 17.3 Å². The molecule has 4 aromatic rings. The lowest BCUT2D eigenvalue weighted by atomic mass is 10.2. The van der Waals surface area contributed by atoms with Crippen molar-refractivity contribution in [3.05, 3.63) is 58.3 Å². The smallest absolute Gasteiger partial charge is 0.417 e. The molecule has 4 aromatic heterocycles. The molecule has 168 valence electrons. The maximum Gasteiger partial charge on any atom is 0.417 e. The highest BCUT2D eigenvalue weighted by atomic mass is 19.4. The minimum absolute atomic E-state index is 0.00994. The zero-order valence-corrected chi connectivity index (χ0v) is 17.2. The predicted octanol–water partition coefficient (Wildman–Crippen LogP) is 3.07. The summed E-state index contributed by atoms with van der Waals surface area (Å²) in [5.74, 6) is 0.665. The molecule has 0 atom stereocenters. The topological polar surface area (TPSA) is 137 Å². The Morgan fingerprint density at radius 1 is 1.24 bits per heavy atom. The Morgan fingerprint density at radius 2 is 2.00 bits per heavy atom. The average Bonchev–Trinajstić information content (AvgIpc) is 3.06. The highest BCUT2D eigenvalue weighted by molar-refractivity contribution is 5.84. The van der Waals surface area contributed by atoms with Crippen LogP contribution in [-0.2, 0) is 20.3 Å². The van der Waals surface area contributed by atoms with E-state index >= 15 is 0 Å². The van der Waals surface area contributed by atoms with Gasteiger partial charge in [-0.2, -0.15) is 23.4 Å². The third-order valence-electron chi connectivity index (χ3n) is 4.71. The normalized spacial score (nSPS) is 11.4. The van der Waals surface area contributed by atoms with Crippen LogP contribution in [0.3, 0.4) is 0 Å². The number of nitrogen functional groups attached to an aromatic ring is 1. The fourth-order valence-electron chi connectivity index (χ4n) is 3.15. The molecule has 0 aliphatic heterocycles. The molecule has 0 spiro atoms. The van der Waals surface area contributed by atoms with Gasteiger partial charge in [0.25, 0.3) is 5.56 Å². The number of rotatable bonds is 4. The highest BCUT2D eigenvalue weighted by Gasteiger charge is 2.32. The minimum atomic E-state index is -4.65. The monoisotopic (exact) mass is 456 g/mol. The molecule has 0 saturated carbocycles. The lowest BCUT2D eigenvalue weighted by Gasteiger charge is -2.12. The van der Waals surface area contributed by atoms with Crippen LogP contribution in [-0.4, -0.2) is 24.1 Å². The van der Waals surface area contributed by atoms with Gasteiger partial charge in [0.15, 0.2) is 11.4 Å². The average molecular weight is 456 g/mol. The number of imidazole rings is 1. The van der Waals surface area contributed by atoms with E-state index in [0.29, 0.717) is 18.0 Å². The predicted molar refractivity (Wildman–Crippen MR) is 112 cm³/mol. The van der Waals surface area contributed by atoms with Gasteiger partial charge in [0.1, 0.15) is 34.4 Å². The second kappa shape index (κ2) is 7.83. The molecule has 0 aliphatic carbocycles. The standard InChI is InChI=1S/C20H15F3N8O2/c1-30-9-10(20(21,22)23)5-13(18(30)32)28-19-29-17-16(31(19)2)12(7-24)14(8-27-17)33-11-3-4-26-15(25)6-11/h3-6,8-9H,1-2H3,(H2,25,26)(H,27,28,29). The zero-order valence-electron chi connectivity index (χ0n) is 17.2.